The van der Waals surface area contributed by atoms with Gasteiger partial charge in [0.15, 0.2) is 0 Å². The smallest absolute Gasteiger partial charge is 0.323 e. The SMILES string of the molecule is CCCCC/C=C\C/C=C\C/C=C\C/C=C\CCCC(=O)C=[N+]=[N-]. The second kappa shape index (κ2) is 19.1. The maximum Gasteiger partial charge on any atom is 0.323 e. The number of hydrogen-bond donors (Lipinski definition) is 0. The van der Waals surface area contributed by atoms with Crippen molar-refractivity contribution in [3.63, 3.8) is 0 Å². The predicted molar refractivity (Wildman–Crippen MR) is 103 cm³/mol. The lowest BCUT2D eigenvalue weighted by Crippen LogP contribution is -1.98. The molecule has 0 atom stereocenters. The minimum absolute atomic E-state index is 0.131. The molecule has 0 N–H and O–H groups in total. The minimum atomic E-state index is -0.131. The molecule has 0 spiro atoms. The molecule has 0 radical (unpaired) electrons. The molecular weight excluding hydrogens is 296 g/mol. The Bertz CT molecular complexity index is 466. The lowest BCUT2D eigenvalue weighted by Gasteiger charge is -1.90. The first-order valence-electron chi connectivity index (χ1n) is 9.11. The van der Waals surface area contributed by atoms with E-state index in [1.165, 1.54) is 25.7 Å². The molecule has 132 valence electrons. The molecular formula is C21H32N2O. The molecule has 0 fully saturated rings. The van der Waals surface area contributed by atoms with Crippen LogP contribution in [0.15, 0.2) is 48.6 Å². The standard InChI is InChI=1S/C21H32N2O/c1-2-3-4-5-6-7-8-9-10-11-12-13-14-15-16-17-18-19-21(24)20-23-22/h6-7,9-10,12-13,15-16,20H,2-5,8,11,14,17-19H2,1H3/b7-6-,10-9-,13-12-,16-15-. The molecule has 0 aromatic rings. The van der Waals surface area contributed by atoms with Gasteiger partial charge in [0.05, 0.1) is 0 Å². The molecule has 0 aliphatic carbocycles. The van der Waals surface area contributed by atoms with Crippen molar-refractivity contribution in [2.75, 3.05) is 0 Å². The number of unbranched alkanes of at least 4 members (excludes halogenated alkanes) is 4. The van der Waals surface area contributed by atoms with Gasteiger partial charge in [0.2, 0.25) is 5.78 Å². The molecule has 3 heteroatoms. The maximum absolute atomic E-state index is 11.0. The summed E-state index contributed by atoms with van der Waals surface area (Å²) in [4.78, 5) is 13.8. The summed E-state index contributed by atoms with van der Waals surface area (Å²) in [5.41, 5.74) is 8.20. The molecule has 0 bridgehead atoms. The topological polar surface area (TPSA) is 53.5 Å². The normalized spacial score (nSPS) is 11.9. The van der Waals surface area contributed by atoms with Crippen molar-refractivity contribution < 1.29 is 9.58 Å². The molecule has 0 heterocycles. The summed E-state index contributed by atoms with van der Waals surface area (Å²) in [7, 11) is 0. The van der Waals surface area contributed by atoms with Gasteiger partial charge in [0, 0.05) is 6.42 Å². The van der Waals surface area contributed by atoms with Crippen molar-refractivity contribution in [2.45, 2.75) is 71.1 Å². The first kappa shape index (κ1) is 22.0. The summed E-state index contributed by atoms with van der Waals surface area (Å²) in [6.07, 6.45) is 28.6. The average molecular weight is 329 g/mol. The lowest BCUT2D eigenvalue weighted by atomic mass is 10.1. The number of hydrogen-bond acceptors (Lipinski definition) is 1. The third kappa shape index (κ3) is 18.1. The Morgan fingerprint density at radius 3 is 1.79 bits per heavy atom. The fourth-order valence-electron chi connectivity index (χ4n) is 2.08. The average Bonchev–Trinajstić information content (AvgIpc) is 2.58. The van der Waals surface area contributed by atoms with Crippen LogP contribution in [0.25, 0.3) is 5.53 Å². The number of Topliss-reactive ketones (excluding diaryl/α,β-unsaturated/α-hetero) is 1. The van der Waals surface area contributed by atoms with E-state index in [0.29, 0.717) is 6.42 Å². The zero-order valence-corrected chi connectivity index (χ0v) is 15.1. The molecule has 0 aliphatic rings. The Labute approximate surface area is 147 Å². The van der Waals surface area contributed by atoms with Gasteiger partial charge in [-0.2, -0.15) is 4.79 Å². The van der Waals surface area contributed by atoms with Crippen LogP contribution < -0.4 is 0 Å². The van der Waals surface area contributed by atoms with Gasteiger partial charge < -0.3 is 5.53 Å². The maximum atomic E-state index is 11.0. The quantitative estimate of drug-likeness (QED) is 0.119. The summed E-state index contributed by atoms with van der Waals surface area (Å²) < 4.78 is 0. The number of nitrogens with zero attached hydrogens (tertiary/aromatic N) is 2. The molecule has 0 amide bonds. The largest absolute Gasteiger partial charge is 0.361 e. The van der Waals surface area contributed by atoms with E-state index in [1.807, 2.05) is 0 Å². The molecule has 0 saturated carbocycles. The Morgan fingerprint density at radius 1 is 0.792 bits per heavy atom. The molecule has 0 saturated heterocycles. The fraction of sp³-hybridized carbons (Fsp3) is 0.524. The van der Waals surface area contributed by atoms with E-state index in [2.05, 4.69) is 60.3 Å². The van der Waals surface area contributed by atoms with Crippen LogP contribution in [0.2, 0.25) is 0 Å². The highest BCUT2D eigenvalue weighted by Crippen LogP contribution is 2.01. The third-order valence-electron chi connectivity index (χ3n) is 3.45. The van der Waals surface area contributed by atoms with Gasteiger partial charge in [-0.1, -0.05) is 68.4 Å². The summed E-state index contributed by atoms with van der Waals surface area (Å²) in [6.45, 7) is 2.23. The second-order valence-corrected chi connectivity index (χ2v) is 5.69. The lowest BCUT2D eigenvalue weighted by molar-refractivity contribution is -0.116. The van der Waals surface area contributed by atoms with Crippen LogP contribution >= 0.6 is 0 Å². The first-order valence-corrected chi connectivity index (χ1v) is 9.11. The molecule has 3 nitrogen and oxygen atoms in total. The van der Waals surface area contributed by atoms with E-state index in [4.69, 9.17) is 5.53 Å². The second-order valence-electron chi connectivity index (χ2n) is 5.69. The summed E-state index contributed by atoms with van der Waals surface area (Å²) in [5, 5.41) is 0. The highest BCUT2D eigenvalue weighted by atomic mass is 16.1. The summed E-state index contributed by atoms with van der Waals surface area (Å²) >= 11 is 0. The summed E-state index contributed by atoms with van der Waals surface area (Å²) in [5.74, 6) is -0.131. The highest BCUT2D eigenvalue weighted by molar-refractivity contribution is 6.25. The number of carbonyl (C=O) groups is 1. The number of allylic oxidation sites excluding steroid dienone is 8. The summed E-state index contributed by atoms with van der Waals surface area (Å²) in [6, 6.07) is 0. The number of carbonyl (C=O) groups excluding carboxylic acids is 1. The van der Waals surface area contributed by atoms with Gasteiger partial charge in [-0.15, -0.1) is 0 Å². The third-order valence-corrected chi connectivity index (χ3v) is 3.45. The van der Waals surface area contributed by atoms with E-state index >= 15 is 0 Å². The van der Waals surface area contributed by atoms with Gasteiger partial charge in [-0.05, 0) is 44.9 Å². The first-order chi connectivity index (χ1) is 11.8. The van der Waals surface area contributed by atoms with Crippen LogP contribution in [0.4, 0.5) is 0 Å². The van der Waals surface area contributed by atoms with Crippen molar-refractivity contribution in [1.29, 1.82) is 0 Å². The molecule has 0 unspecified atom stereocenters. The monoisotopic (exact) mass is 328 g/mol. The van der Waals surface area contributed by atoms with Crippen molar-refractivity contribution in [1.82, 2.24) is 0 Å². The number of ketones is 1. The highest BCUT2D eigenvalue weighted by Gasteiger charge is 1.99. The van der Waals surface area contributed by atoms with Gasteiger partial charge in [-0.25, -0.2) is 0 Å². The van der Waals surface area contributed by atoms with Crippen molar-refractivity contribution in [2.24, 2.45) is 0 Å². The van der Waals surface area contributed by atoms with Crippen LogP contribution in [0, 0.1) is 0 Å². The molecule has 0 aromatic carbocycles. The molecule has 0 aromatic heterocycles. The molecule has 0 aliphatic heterocycles. The van der Waals surface area contributed by atoms with E-state index in [9.17, 15) is 4.79 Å². The molecule has 0 rings (SSSR count). The Balaban J connectivity index is 3.48. The van der Waals surface area contributed by atoms with Gasteiger partial charge in [-0.3, -0.25) is 4.79 Å². The number of rotatable bonds is 15. The Morgan fingerprint density at radius 2 is 1.29 bits per heavy atom. The van der Waals surface area contributed by atoms with Crippen molar-refractivity contribution >= 4 is 12.0 Å². The van der Waals surface area contributed by atoms with Crippen LogP contribution in [0.1, 0.15) is 71.1 Å². The van der Waals surface area contributed by atoms with Gasteiger partial charge in [0.1, 0.15) is 0 Å². The van der Waals surface area contributed by atoms with E-state index in [1.54, 1.807) is 0 Å². The van der Waals surface area contributed by atoms with Crippen molar-refractivity contribution in [3.8, 4) is 0 Å². The van der Waals surface area contributed by atoms with Crippen LogP contribution in [0.3, 0.4) is 0 Å². The minimum Gasteiger partial charge on any atom is -0.361 e. The van der Waals surface area contributed by atoms with E-state index < -0.39 is 0 Å². The zero-order valence-electron chi connectivity index (χ0n) is 15.1. The fourth-order valence-corrected chi connectivity index (χ4v) is 2.08. The van der Waals surface area contributed by atoms with Gasteiger partial charge >= 0.3 is 6.21 Å². The molecule has 24 heavy (non-hydrogen) atoms. The van der Waals surface area contributed by atoms with Crippen LogP contribution in [0.5, 0.6) is 0 Å². The zero-order chi connectivity index (χ0) is 17.7. The van der Waals surface area contributed by atoms with E-state index in [-0.39, 0.29) is 5.78 Å². The predicted octanol–water partition coefficient (Wildman–Crippen LogP) is 6.00. The van der Waals surface area contributed by atoms with Crippen LogP contribution in [-0.2, 0) is 4.79 Å². The van der Waals surface area contributed by atoms with Gasteiger partial charge in [0.25, 0.3) is 0 Å². The van der Waals surface area contributed by atoms with Crippen LogP contribution in [-0.4, -0.2) is 16.8 Å². The Hall–Kier alpha value is -1.99. The van der Waals surface area contributed by atoms with Crippen molar-refractivity contribution in [3.05, 3.63) is 54.1 Å². The van der Waals surface area contributed by atoms with E-state index in [0.717, 1.165) is 38.3 Å². The Kier molecular flexibility index (Phi) is 17.5.